The summed E-state index contributed by atoms with van der Waals surface area (Å²) in [6.07, 6.45) is -0.635. The molecule has 1 fully saturated rings. The van der Waals surface area contributed by atoms with Crippen molar-refractivity contribution >= 4 is 23.6 Å². The molecule has 1 aliphatic heterocycles. The van der Waals surface area contributed by atoms with Crippen LogP contribution in [0.3, 0.4) is 0 Å². The Morgan fingerprint density at radius 2 is 2.39 bits per heavy atom. The van der Waals surface area contributed by atoms with Gasteiger partial charge >= 0.3 is 6.09 Å². The van der Waals surface area contributed by atoms with Gasteiger partial charge in [0.1, 0.15) is 18.5 Å². The van der Waals surface area contributed by atoms with Crippen LogP contribution in [-0.4, -0.2) is 24.6 Å². The van der Waals surface area contributed by atoms with E-state index in [1.165, 1.54) is 12.1 Å². The van der Waals surface area contributed by atoms with E-state index >= 15 is 0 Å². The molecule has 0 aromatic heterocycles. The van der Waals surface area contributed by atoms with Crippen LogP contribution in [0.1, 0.15) is 5.56 Å². The maximum Gasteiger partial charge on any atom is 0.407 e. The van der Waals surface area contributed by atoms with Crippen LogP contribution < -0.4 is 10.6 Å². The second-order valence-electron chi connectivity index (χ2n) is 3.73. The van der Waals surface area contributed by atoms with E-state index in [4.69, 9.17) is 11.6 Å². The molecule has 1 atom stereocenters. The summed E-state index contributed by atoms with van der Waals surface area (Å²) >= 11 is 5.61. The Labute approximate surface area is 107 Å². The maximum absolute atomic E-state index is 13.5. The molecule has 2 amide bonds. The van der Waals surface area contributed by atoms with Gasteiger partial charge in [-0.15, -0.1) is 0 Å². The van der Waals surface area contributed by atoms with Crippen molar-refractivity contribution in [1.82, 2.24) is 10.6 Å². The number of carbonyl (C=O) groups excluding carboxylic acids is 2. The van der Waals surface area contributed by atoms with Crippen molar-refractivity contribution in [2.24, 2.45) is 0 Å². The summed E-state index contributed by atoms with van der Waals surface area (Å²) in [6, 6.07) is 3.80. The molecule has 0 spiro atoms. The zero-order valence-corrected chi connectivity index (χ0v) is 9.96. The molecule has 2 rings (SSSR count). The first-order chi connectivity index (χ1) is 8.58. The van der Waals surface area contributed by atoms with Crippen LogP contribution in [0.15, 0.2) is 18.2 Å². The molecule has 1 aliphatic rings. The Kier molecular flexibility index (Phi) is 3.66. The third kappa shape index (κ3) is 2.70. The summed E-state index contributed by atoms with van der Waals surface area (Å²) in [7, 11) is 0. The molecule has 7 heteroatoms. The highest BCUT2D eigenvalue weighted by molar-refractivity contribution is 6.30. The highest BCUT2D eigenvalue weighted by Crippen LogP contribution is 2.17. The largest absolute Gasteiger partial charge is 0.447 e. The lowest BCUT2D eigenvalue weighted by Crippen LogP contribution is -2.42. The topological polar surface area (TPSA) is 67.4 Å². The fourth-order valence-electron chi connectivity index (χ4n) is 1.52. The molecule has 1 unspecified atom stereocenters. The van der Waals surface area contributed by atoms with E-state index in [-0.39, 0.29) is 23.7 Å². The number of rotatable bonds is 3. The van der Waals surface area contributed by atoms with Gasteiger partial charge in [0.15, 0.2) is 0 Å². The number of benzene rings is 1. The van der Waals surface area contributed by atoms with Crippen LogP contribution in [0.5, 0.6) is 0 Å². The maximum atomic E-state index is 13.5. The highest BCUT2D eigenvalue weighted by atomic mass is 35.5. The van der Waals surface area contributed by atoms with Crippen molar-refractivity contribution in [3.05, 3.63) is 34.6 Å². The summed E-state index contributed by atoms with van der Waals surface area (Å²) in [6.45, 7) is -0.0275. The average Bonchev–Trinajstić information content (AvgIpc) is 2.77. The SMILES string of the molecule is O=C1NC(C(=O)NCc2cccc(Cl)c2F)CO1. The summed E-state index contributed by atoms with van der Waals surface area (Å²) in [4.78, 5) is 22.3. The van der Waals surface area contributed by atoms with Crippen molar-refractivity contribution in [3.8, 4) is 0 Å². The first-order valence-electron chi connectivity index (χ1n) is 5.22. The van der Waals surface area contributed by atoms with E-state index in [1.54, 1.807) is 6.07 Å². The van der Waals surface area contributed by atoms with Gasteiger partial charge in [-0.05, 0) is 6.07 Å². The predicted molar refractivity (Wildman–Crippen MR) is 61.5 cm³/mol. The van der Waals surface area contributed by atoms with Crippen molar-refractivity contribution < 1.29 is 18.7 Å². The Balaban J connectivity index is 1.93. The van der Waals surface area contributed by atoms with Crippen molar-refractivity contribution in [3.63, 3.8) is 0 Å². The summed E-state index contributed by atoms with van der Waals surface area (Å²) < 4.78 is 18.1. The molecule has 18 heavy (non-hydrogen) atoms. The van der Waals surface area contributed by atoms with Crippen LogP contribution in [-0.2, 0) is 16.1 Å². The third-order valence-electron chi connectivity index (χ3n) is 2.47. The summed E-state index contributed by atoms with van der Waals surface area (Å²) in [5.41, 5.74) is 0.279. The molecule has 0 bridgehead atoms. The standard InChI is InChI=1S/C11H10ClFN2O3/c12-7-3-1-2-6(9(7)13)4-14-10(16)8-5-18-11(17)15-8/h1-3,8H,4-5H2,(H,14,16)(H,15,17). The Morgan fingerprint density at radius 1 is 1.61 bits per heavy atom. The predicted octanol–water partition coefficient (Wildman–Crippen LogP) is 1.20. The smallest absolute Gasteiger partial charge is 0.407 e. The van der Waals surface area contributed by atoms with Crippen LogP contribution in [0.2, 0.25) is 5.02 Å². The van der Waals surface area contributed by atoms with Crippen LogP contribution in [0.4, 0.5) is 9.18 Å². The zero-order valence-electron chi connectivity index (χ0n) is 9.20. The van der Waals surface area contributed by atoms with Gasteiger partial charge in [-0.1, -0.05) is 23.7 Å². The number of nitrogens with one attached hydrogen (secondary N) is 2. The van der Waals surface area contributed by atoms with E-state index in [1.807, 2.05) is 0 Å². The van der Waals surface area contributed by atoms with E-state index in [0.717, 1.165) is 0 Å². The number of cyclic esters (lactones) is 1. The molecule has 5 nitrogen and oxygen atoms in total. The van der Waals surface area contributed by atoms with Gasteiger partial charge in [0.25, 0.3) is 0 Å². The molecule has 1 saturated heterocycles. The molecular formula is C11H10ClFN2O3. The molecule has 2 N–H and O–H groups in total. The Bertz CT molecular complexity index is 495. The average molecular weight is 273 g/mol. The lowest BCUT2D eigenvalue weighted by atomic mass is 10.2. The lowest BCUT2D eigenvalue weighted by molar-refractivity contribution is -0.123. The molecule has 0 radical (unpaired) electrons. The summed E-state index contributed by atoms with van der Waals surface area (Å²) in [5.74, 6) is -0.994. The zero-order chi connectivity index (χ0) is 13.1. The highest BCUT2D eigenvalue weighted by Gasteiger charge is 2.28. The lowest BCUT2D eigenvalue weighted by Gasteiger charge is -2.10. The van der Waals surface area contributed by atoms with Crippen molar-refractivity contribution in [2.45, 2.75) is 12.6 Å². The van der Waals surface area contributed by atoms with E-state index in [2.05, 4.69) is 15.4 Å². The van der Waals surface area contributed by atoms with Crippen LogP contribution in [0, 0.1) is 5.82 Å². The van der Waals surface area contributed by atoms with Gasteiger partial charge in [-0.3, -0.25) is 4.79 Å². The number of hydrogen-bond acceptors (Lipinski definition) is 3. The number of hydrogen-bond donors (Lipinski definition) is 2. The van der Waals surface area contributed by atoms with Crippen molar-refractivity contribution in [2.75, 3.05) is 6.61 Å². The molecule has 96 valence electrons. The van der Waals surface area contributed by atoms with Crippen LogP contribution >= 0.6 is 11.6 Å². The fourth-order valence-corrected chi connectivity index (χ4v) is 1.71. The number of halogens is 2. The number of ether oxygens (including phenoxy) is 1. The molecule has 1 heterocycles. The molecule has 0 saturated carbocycles. The fraction of sp³-hybridized carbons (Fsp3) is 0.273. The van der Waals surface area contributed by atoms with Gasteiger partial charge in [0.05, 0.1) is 5.02 Å². The van der Waals surface area contributed by atoms with E-state index < -0.39 is 23.9 Å². The Morgan fingerprint density at radius 3 is 3.06 bits per heavy atom. The first kappa shape index (κ1) is 12.6. The molecular weight excluding hydrogens is 263 g/mol. The van der Waals surface area contributed by atoms with Gasteiger partial charge in [-0.25, -0.2) is 9.18 Å². The van der Waals surface area contributed by atoms with Crippen molar-refractivity contribution in [1.29, 1.82) is 0 Å². The third-order valence-corrected chi connectivity index (χ3v) is 2.77. The minimum absolute atomic E-state index is 0.000693. The van der Waals surface area contributed by atoms with E-state index in [0.29, 0.717) is 0 Å². The summed E-state index contributed by atoms with van der Waals surface area (Å²) in [5, 5.41) is 4.82. The minimum Gasteiger partial charge on any atom is -0.447 e. The number of amides is 2. The Hall–Kier alpha value is -1.82. The normalized spacial score (nSPS) is 18.1. The second-order valence-corrected chi connectivity index (χ2v) is 4.13. The van der Waals surface area contributed by atoms with Gasteiger partial charge in [0, 0.05) is 12.1 Å². The quantitative estimate of drug-likeness (QED) is 0.869. The van der Waals surface area contributed by atoms with Gasteiger partial charge in [0.2, 0.25) is 5.91 Å². The molecule has 0 aliphatic carbocycles. The molecule has 1 aromatic carbocycles. The monoisotopic (exact) mass is 272 g/mol. The van der Waals surface area contributed by atoms with Gasteiger partial charge in [-0.2, -0.15) is 0 Å². The second kappa shape index (κ2) is 5.22. The number of alkyl carbamates (subject to hydrolysis) is 1. The molecule has 1 aromatic rings. The van der Waals surface area contributed by atoms with Gasteiger partial charge < -0.3 is 15.4 Å². The van der Waals surface area contributed by atoms with Crippen LogP contribution in [0.25, 0.3) is 0 Å². The first-order valence-corrected chi connectivity index (χ1v) is 5.59. The van der Waals surface area contributed by atoms with E-state index in [9.17, 15) is 14.0 Å². The number of carbonyl (C=O) groups is 2. The minimum atomic E-state index is -0.736.